The molecular weight excluding hydrogens is 432 g/mol. The number of fused-ring (bicyclic) bond motifs is 1. The van der Waals surface area contributed by atoms with Crippen molar-refractivity contribution in [1.82, 2.24) is 14.9 Å². The predicted molar refractivity (Wildman–Crippen MR) is 125 cm³/mol. The fourth-order valence-corrected chi connectivity index (χ4v) is 5.27. The van der Waals surface area contributed by atoms with Crippen molar-refractivity contribution in [2.75, 3.05) is 42.5 Å². The van der Waals surface area contributed by atoms with Crippen LogP contribution in [-0.4, -0.2) is 53.6 Å². The maximum absolute atomic E-state index is 14.5. The Labute approximate surface area is 192 Å². The summed E-state index contributed by atoms with van der Waals surface area (Å²) in [5.41, 5.74) is 0.471. The van der Waals surface area contributed by atoms with Gasteiger partial charge in [-0.05, 0) is 56.8 Å². The predicted octanol–water partition coefficient (Wildman–Crippen LogP) is 5.27. The fourth-order valence-electron chi connectivity index (χ4n) is 5.04. The zero-order valence-corrected chi connectivity index (χ0v) is 19.0. The number of aromatic nitrogens is 2. The van der Waals surface area contributed by atoms with Gasteiger partial charge in [-0.1, -0.05) is 36.7 Å². The third kappa shape index (κ3) is 4.08. The fraction of sp³-hybridized carbons (Fsp3) is 0.500. The molecule has 0 aliphatic carbocycles. The van der Waals surface area contributed by atoms with E-state index in [4.69, 9.17) is 16.6 Å². The summed E-state index contributed by atoms with van der Waals surface area (Å²) in [5.74, 6) is 0.544. The zero-order valence-electron chi connectivity index (χ0n) is 18.3. The summed E-state index contributed by atoms with van der Waals surface area (Å²) in [6, 6.07) is 4.47. The minimum Gasteiger partial charge on any atom is -0.341 e. The van der Waals surface area contributed by atoms with Crippen molar-refractivity contribution in [3.8, 4) is 0 Å². The van der Waals surface area contributed by atoms with Gasteiger partial charge in [0.15, 0.2) is 0 Å². The lowest BCUT2D eigenvalue weighted by molar-refractivity contribution is 0.120. The molecule has 0 saturated carbocycles. The highest BCUT2D eigenvalue weighted by molar-refractivity contribution is 6.31. The summed E-state index contributed by atoms with van der Waals surface area (Å²) in [6.07, 6.45) is 8.30. The molecule has 2 fully saturated rings. The first-order chi connectivity index (χ1) is 15.5. The minimum atomic E-state index is -0.626. The minimum absolute atomic E-state index is 0.114. The number of hydrogen-bond acceptors (Lipinski definition) is 5. The van der Waals surface area contributed by atoms with Gasteiger partial charge in [0.05, 0.1) is 5.56 Å². The number of rotatable bonds is 3. The summed E-state index contributed by atoms with van der Waals surface area (Å²) in [5, 5.41) is 0.301. The number of halogens is 3. The van der Waals surface area contributed by atoms with Crippen LogP contribution in [-0.2, 0) is 0 Å². The molecule has 0 atom stereocenters. The Morgan fingerprint density at radius 2 is 1.66 bits per heavy atom. The number of para-hydroxylation sites is 1. The second-order valence-corrected chi connectivity index (χ2v) is 9.43. The van der Waals surface area contributed by atoms with Crippen LogP contribution in [0.25, 0.3) is 6.08 Å². The first-order valence-electron chi connectivity index (χ1n) is 11.5. The molecule has 0 spiro atoms. The van der Waals surface area contributed by atoms with Crippen LogP contribution in [0.15, 0.2) is 24.3 Å². The first kappa shape index (κ1) is 21.6. The second-order valence-electron chi connectivity index (χ2n) is 9.07. The molecule has 0 amide bonds. The Morgan fingerprint density at radius 1 is 0.969 bits per heavy atom. The zero-order chi connectivity index (χ0) is 22.2. The molecular formula is C24H28ClF2N5. The van der Waals surface area contributed by atoms with Gasteiger partial charge in [0, 0.05) is 25.7 Å². The molecule has 3 aliphatic heterocycles. The lowest BCUT2D eigenvalue weighted by Crippen LogP contribution is -2.48. The Hall–Kier alpha value is -2.25. The van der Waals surface area contributed by atoms with Crippen molar-refractivity contribution < 1.29 is 8.78 Å². The molecule has 0 radical (unpaired) electrons. The number of nitrogens with zero attached hydrogens (tertiary/aromatic N) is 5. The average molecular weight is 460 g/mol. The Morgan fingerprint density at radius 3 is 2.34 bits per heavy atom. The summed E-state index contributed by atoms with van der Waals surface area (Å²) in [7, 11) is 0. The van der Waals surface area contributed by atoms with Gasteiger partial charge in [0.1, 0.15) is 28.3 Å². The summed E-state index contributed by atoms with van der Waals surface area (Å²) >= 11 is 6.51. The van der Waals surface area contributed by atoms with Crippen LogP contribution in [0.1, 0.15) is 38.2 Å². The van der Waals surface area contributed by atoms with Gasteiger partial charge < -0.3 is 14.7 Å². The van der Waals surface area contributed by atoms with Crippen LogP contribution in [0.4, 0.5) is 26.2 Å². The molecule has 3 aliphatic rings. The molecule has 2 saturated heterocycles. The Balaban J connectivity index is 1.38. The van der Waals surface area contributed by atoms with E-state index in [0.29, 0.717) is 35.1 Å². The van der Waals surface area contributed by atoms with E-state index in [1.165, 1.54) is 44.1 Å². The van der Waals surface area contributed by atoms with Gasteiger partial charge in [-0.15, -0.1) is 0 Å². The van der Waals surface area contributed by atoms with Crippen molar-refractivity contribution in [1.29, 1.82) is 0 Å². The number of anilines is 3. The quantitative estimate of drug-likeness (QED) is 0.584. The summed E-state index contributed by atoms with van der Waals surface area (Å²) in [6.45, 7) is 6.70. The van der Waals surface area contributed by atoms with Crippen LogP contribution in [0.5, 0.6) is 0 Å². The van der Waals surface area contributed by atoms with Gasteiger partial charge in [-0.2, -0.15) is 4.98 Å². The standard InChI is InChI=1S/C24H28ClF2N5/c1-16-7-12-30(13-8-16)17-9-14-31(15-10-17)24-28-22(25)18-4-3-11-32(23(18)29-24)21-19(26)5-2-6-20(21)27/h2-6,16-17H,7-15H2,1H3. The molecule has 5 nitrogen and oxygen atoms in total. The van der Waals surface area contributed by atoms with Crippen molar-refractivity contribution in [3.05, 3.63) is 46.6 Å². The second kappa shape index (κ2) is 8.94. The van der Waals surface area contributed by atoms with E-state index in [1.807, 2.05) is 12.2 Å². The molecule has 0 N–H and O–H groups in total. The molecule has 5 rings (SSSR count). The Bertz CT molecular complexity index is 993. The molecule has 8 heteroatoms. The van der Waals surface area contributed by atoms with Crippen molar-refractivity contribution in [3.63, 3.8) is 0 Å². The van der Waals surface area contributed by atoms with Gasteiger partial charge in [0.25, 0.3) is 0 Å². The van der Waals surface area contributed by atoms with Crippen molar-refractivity contribution in [2.24, 2.45) is 5.92 Å². The third-order valence-corrected chi connectivity index (χ3v) is 7.27. The van der Waals surface area contributed by atoms with E-state index in [1.54, 1.807) is 4.90 Å². The highest BCUT2D eigenvalue weighted by atomic mass is 35.5. The van der Waals surface area contributed by atoms with Crippen molar-refractivity contribution >= 4 is 35.1 Å². The van der Waals surface area contributed by atoms with Crippen LogP contribution in [0, 0.1) is 17.6 Å². The molecule has 1 aromatic carbocycles. The van der Waals surface area contributed by atoms with E-state index in [-0.39, 0.29) is 5.69 Å². The molecule has 1 aromatic heterocycles. The van der Waals surface area contributed by atoms with Gasteiger partial charge in [0.2, 0.25) is 5.95 Å². The number of hydrogen-bond donors (Lipinski definition) is 0. The molecule has 2 aromatic rings. The molecule has 0 bridgehead atoms. The number of likely N-dealkylation sites (tertiary alicyclic amines) is 1. The Kier molecular flexibility index (Phi) is 6.03. The normalized spacial score (nSPS) is 20.6. The molecule has 170 valence electrons. The largest absolute Gasteiger partial charge is 0.341 e. The highest BCUT2D eigenvalue weighted by Crippen LogP contribution is 2.38. The van der Waals surface area contributed by atoms with Crippen molar-refractivity contribution in [2.45, 2.75) is 38.6 Å². The monoisotopic (exact) mass is 459 g/mol. The van der Waals surface area contributed by atoms with E-state index < -0.39 is 11.6 Å². The third-order valence-electron chi connectivity index (χ3n) is 6.98. The van der Waals surface area contributed by atoms with E-state index in [2.05, 4.69) is 21.7 Å². The SMILES string of the molecule is CC1CCN(C2CCN(c3nc(Cl)c4c(n3)N(c3c(F)cccc3F)CC=C4)CC2)CC1. The maximum atomic E-state index is 14.5. The summed E-state index contributed by atoms with van der Waals surface area (Å²) in [4.78, 5) is 15.6. The van der Waals surface area contributed by atoms with Crippen LogP contribution < -0.4 is 9.80 Å². The molecule has 4 heterocycles. The maximum Gasteiger partial charge on any atom is 0.228 e. The first-order valence-corrected chi connectivity index (χ1v) is 11.8. The average Bonchev–Trinajstić information content (AvgIpc) is 2.80. The smallest absolute Gasteiger partial charge is 0.228 e. The highest BCUT2D eigenvalue weighted by Gasteiger charge is 2.30. The molecule has 32 heavy (non-hydrogen) atoms. The van der Waals surface area contributed by atoms with Gasteiger partial charge in [-0.3, -0.25) is 0 Å². The van der Waals surface area contributed by atoms with Crippen LogP contribution >= 0.6 is 11.6 Å². The lowest BCUT2D eigenvalue weighted by Gasteiger charge is -2.41. The molecule has 0 unspecified atom stereocenters. The van der Waals surface area contributed by atoms with E-state index in [9.17, 15) is 8.78 Å². The van der Waals surface area contributed by atoms with E-state index >= 15 is 0 Å². The summed E-state index contributed by atoms with van der Waals surface area (Å²) < 4.78 is 29.1. The topological polar surface area (TPSA) is 35.5 Å². The van der Waals surface area contributed by atoms with Crippen LogP contribution in [0.2, 0.25) is 5.15 Å². The number of benzene rings is 1. The van der Waals surface area contributed by atoms with Gasteiger partial charge in [-0.25, -0.2) is 13.8 Å². The van der Waals surface area contributed by atoms with E-state index in [0.717, 1.165) is 31.8 Å². The van der Waals surface area contributed by atoms with Crippen LogP contribution in [0.3, 0.4) is 0 Å². The number of piperidine rings is 2. The lowest BCUT2D eigenvalue weighted by atomic mass is 9.95. The van der Waals surface area contributed by atoms with Gasteiger partial charge >= 0.3 is 0 Å².